The van der Waals surface area contributed by atoms with E-state index in [4.69, 9.17) is 0 Å². The minimum atomic E-state index is -0.814. The van der Waals surface area contributed by atoms with E-state index in [2.05, 4.69) is 36.5 Å². The Labute approximate surface area is 128 Å². The van der Waals surface area contributed by atoms with Gasteiger partial charge in [0, 0.05) is 12.6 Å². The molecule has 0 amide bonds. The van der Waals surface area contributed by atoms with Crippen LogP contribution in [0, 0.1) is 11.6 Å². The van der Waals surface area contributed by atoms with Crippen LogP contribution in [0.4, 0.5) is 8.78 Å². The highest BCUT2D eigenvalue weighted by atomic mass is 19.2. The lowest BCUT2D eigenvalue weighted by Gasteiger charge is -2.17. The van der Waals surface area contributed by atoms with Crippen molar-refractivity contribution in [1.82, 2.24) is 5.32 Å². The topological polar surface area (TPSA) is 12.0 Å². The molecule has 0 fully saturated rings. The fourth-order valence-electron chi connectivity index (χ4n) is 2.66. The van der Waals surface area contributed by atoms with Gasteiger partial charge < -0.3 is 5.32 Å². The van der Waals surface area contributed by atoms with Crippen LogP contribution in [0.25, 0.3) is 10.8 Å². The summed E-state index contributed by atoms with van der Waals surface area (Å²) < 4.78 is 26.2. The van der Waals surface area contributed by atoms with Crippen molar-refractivity contribution >= 4 is 10.8 Å². The molecule has 0 aliphatic rings. The zero-order valence-corrected chi connectivity index (χ0v) is 12.3. The summed E-state index contributed by atoms with van der Waals surface area (Å²) in [6.45, 7) is 2.56. The summed E-state index contributed by atoms with van der Waals surface area (Å²) in [7, 11) is 0. The van der Waals surface area contributed by atoms with Gasteiger partial charge in [0.1, 0.15) is 0 Å². The molecule has 3 aromatic rings. The maximum Gasteiger partial charge on any atom is 0.159 e. The molecule has 0 radical (unpaired) electrons. The molecule has 3 rings (SSSR count). The summed E-state index contributed by atoms with van der Waals surface area (Å²) in [5.41, 5.74) is 1.92. The van der Waals surface area contributed by atoms with Crippen molar-refractivity contribution in [2.75, 3.05) is 0 Å². The summed E-state index contributed by atoms with van der Waals surface area (Å²) in [5.74, 6) is -1.62. The van der Waals surface area contributed by atoms with Gasteiger partial charge in [0.25, 0.3) is 0 Å². The van der Waals surface area contributed by atoms with Gasteiger partial charge in [0.15, 0.2) is 11.6 Å². The highest BCUT2D eigenvalue weighted by Crippen LogP contribution is 2.24. The van der Waals surface area contributed by atoms with Crippen LogP contribution in [0.5, 0.6) is 0 Å². The predicted octanol–water partition coefficient (Wildman–Crippen LogP) is 4.97. The maximum absolute atomic E-state index is 13.2. The van der Waals surface area contributed by atoms with Crippen molar-refractivity contribution in [2.45, 2.75) is 19.5 Å². The molecule has 0 saturated carbocycles. The summed E-state index contributed by atoms with van der Waals surface area (Å²) in [5, 5.41) is 5.76. The molecule has 0 aromatic heterocycles. The van der Waals surface area contributed by atoms with Crippen LogP contribution in [0.2, 0.25) is 0 Å². The van der Waals surface area contributed by atoms with Gasteiger partial charge in [0.2, 0.25) is 0 Å². The van der Waals surface area contributed by atoms with E-state index in [0.29, 0.717) is 6.54 Å². The van der Waals surface area contributed by atoms with Gasteiger partial charge >= 0.3 is 0 Å². The molecule has 1 N–H and O–H groups in total. The number of rotatable bonds is 4. The molecule has 112 valence electrons. The number of hydrogen-bond donors (Lipinski definition) is 1. The van der Waals surface area contributed by atoms with Gasteiger partial charge in [-0.05, 0) is 41.0 Å². The molecule has 1 unspecified atom stereocenters. The van der Waals surface area contributed by atoms with Gasteiger partial charge in [-0.3, -0.25) is 0 Å². The second kappa shape index (κ2) is 6.24. The number of hydrogen-bond acceptors (Lipinski definition) is 1. The highest BCUT2D eigenvalue weighted by Gasteiger charge is 2.09. The SMILES string of the molecule is CC(NCc1ccc(F)c(F)c1)c1cccc2ccccc12. The molecule has 0 aliphatic carbocycles. The smallest absolute Gasteiger partial charge is 0.159 e. The second-order valence-electron chi connectivity index (χ2n) is 5.42. The number of halogens is 2. The first kappa shape index (κ1) is 14.7. The third kappa shape index (κ3) is 3.00. The van der Waals surface area contributed by atoms with Crippen LogP contribution in [0.1, 0.15) is 24.1 Å². The van der Waals surface area contributed by atoms with E-state index in [0.717, 1.165) is 11.6 Å². The van der Waals surface area contributed by atoms with E-state index in [1.165, 1.54) is 22.4 Å². The molecule has 1 atom stereocenters. The molecule has 0 aliphatic heterocycles. The molecule has 0 bridgehead atoms. The molecule has 3 heteroatoms. The van der Waals surface area contributed by atoms with E-state index >= 15 is 0 Å². The van der Waals surface area contributed by atoms with Crippen molar-refractivity contribution in [1.29, 1.82) is 0 Å². The zero-order chi connectivity index (χ0) is 15.5. The van der Waals surface area contributed by atoms with E-state index < -0.39 is 11.6 Å². The minimum Gasteiger partial charge on any atom is -0.306 e. The molecular formula is C19H17F2N. The van der Waals surface area contributed by atoms with Crippen molar-refractivity contribution in [3.8, 4) is 0 Å². The maximum atomic E-state index is 13.2. The van der Waals surface area contributed by atoms with Crippen molar-refractivity contribution < 1.29 is 8.78 Å². The van der Waals surface area contributed by atoms with Crippen LogP contribution < -0.4 is 5.32 Å². The van der Waals surface area contributed by atoms with E-state index in [9.17, 15) is 8.78 Å². The van der Waals surface area contributed by atoms with Crippen molar-refractivity contribution in [2.24, 2.45) is 0 Å². The van der Waals surface area contributed by atoms with Gasteiger partial charge in [-0.1, -0.05) is 48.5 Å². The minimum absolute atomic E-state index is 0.110. The van der Waals surface area contributed by atoms with Crippen LogP contribution >= 0.6 is 0 Å². The van der Waals surface area contributed by atoms with Crippen LogP contribution in [0.3, 0.4) is 0 Å². The van der Waals surface area contributed by atoms with Crippen LogP contribution in [0.15, 0.2) is 60.7 Å². The molecule has 1 nitrogen and oxygen atoms in total. The van der Waals surface area contributed by atoms with Crippen molar-refractivity contribution in [3.63, 3.8) is 0 Å². The number of nitrogens with one attached hydrogen (secondary N) is 1. The quantitative estimate of drug-likeness (QED) is 0.717. The highest BCUT2D eigenvalue weighted by molar-refractivity contribution is 5.86. The summed E-state index contributed by atoms with van der Waals surface area (Å²) in [6, 6.07) is 18.5. The second-order valence-corrected chi connectivity index (χ2v) is 5.42. The van der Waals surface area contributed by atoms with Crippen molar-refractivity contribution in [3.05, 3.63) is 83.4 Å². The first-order chi connectivity index (χ1) is 10.6. The Morgan fingerprint density at radius 1 is 0.909 bits per heavy atom. The van der Waals surface area contributed by atoms with Crippen LogP contribution in [-0.4, -0.2) is 0 Å². The largest absolute Gasteiger partial charge is 0.306 e. The fourth-order valence-corrected chi connectivity index (χ4v) is 2.66. The van der Waals surface area contributed by atoms with Gasteiger partial charge in [-0.25, -0.2) is 8.78 Å². The monoisotopic (exact) mass is 297 g/mol. The normalized spacial score (nSPS) is 12.5. The Morgan fingerprint density at radius 3 is 2.50 bits per heavy atom. The zero-order valence-electron chi connectivity index (χ0n) is 12.3. The number of fused-ring (bicyclic) bond motifs is 1. The third-order valence-electron chi connectivity index (χ3n) is 3.89. The van der Waals surface area contributed by atoms with Gasteiger partial charge in [-0.15, -0.1) is 0 Å². The lowest BCUT2D eigenvalue weighted by molar-refractivity contribution is 0.504. The van der Waals surface area contributed by atoms with E-state index in [1.807, 2.05) is 18.2 Å². The summed E-state index contributed by atoms with van der Waals surface area (Å²) >= 11 is 0. The molecule has 3 aromatic carbocycles. The number of benzene rings is 3. The molecule has 0 saturated heterocycles. The van der Waals surface area contributed by atoms with Gasteiger partial charge in [-0.2, -0.15) is 0 Å². The predicted molar refractivity (Wildman–Crippen MR) is 85.6 cm³/mol. The Balaban J connectivity index is 1.78. The summed E-state index contributed by atoms with van der Waals surface area (Å²) in [4.78, 5) is 0. The molecule has 0 spiro atoms. The van der Waals surface area contributed by atoms with Gasteiger partial charge in [0.05, 0.1) is 0 Å². The first-order valence-electron chi connectivity index (χ1n) is 7.30. The third-order valence-corrected chi connectivity index (χ3v) is 3.89. The Hall–Kier alpha value is -2.26. The average molecular weight is 297 g/mol. The lowest BCUT2D eigenvalue weighted by atomic mass is 9.99. The molecule has 22 heavy (non-hydrogen) atoms. The van der Waals surface area contributed by atoms with E-state index in [-0.39, 0.29) is 6.04 Å². The molecular weight excluding hydrogens is 280 g/mol. The fraction of sp³-hybridized carbons (Fsp3) is 0.158. The molecule has 0 heterocycles. The first-order valence-corrected chi connectivity index (χ1v) is 7.30. The summed E-state index contributed by atoms with van der Waals surface area (Å²) in [6.07, 6.45) is 0. The van der Waals surface area contributed by atoms with E-state index in [1.54, 1.807) is 6.07 Å². The Morgan fingerprint density at radius 2 is 1.68 bits per heavy atom. The standard InChI is InChI=1S/C19H17F2N/c1-13(22-12-14-9-10-18(20)19(21)11-14)16-8-4-6-15-5-2-3-7-17(15)16/h2-11,13,22H,12H2,1H3. The average Bonchev–Trinajstić information content (AvgIpc) is 2.55. The Kier molecular flexibility index (Phi) is 4.16. The van der Waals surface area contributed by atoms with Crippen LogP contribution in [-0.2, 0) is 6.54 Å². The lowest BCUT2D eigenvalue weighted by Crippen LogP contribution is -2.18. The Bertz CT molecular complexity index is 793.